The van der Waals surface area contributed by atoms with Crippen LogP contribution in [0.3, 0.4) is 0 Å². The Hall–Kier alpha value is -1.13. The molecule has 0 aliphatic heterocycles. The molecule has 0 fully saturated rings. The summed E-state index contributed by atoms with van der Waals surface area (Å²) < 4.78 is 0. The van der Waals surface area contributed by atoms with Crippen LogP contribution < -0.4 is 10.6 Å². The molecule has 1 aromatic rings. The number of benzene rings is 1. The van der Waals surface area contributed by atoms with Crippen LogP contribution in [0.1, 0.15) is 46.1 Å². The van der Waals surface area contributed by atoms with E-state index in [0.717, 1.165) is 5.69 Å². The molecule has 0 aliphatic rings. The molecule has 19 heavy (non-hydrogen) atoms. The molecule has 0 radical (unpaired) electrons. The zero-order chi connectivity index (χ0) is 14.6. The minimum atomic E-state index is -0.682. The molecule has 3 N–H and O–H groups in total. The van der Waals surface area contributed by atoms with Gasteiger partial charge in [0.15, 0.2) is 5.11 Å². The molecule has 0 amide bonds. The average Bonchev–Trinajstić information content (AvgIpc) is 2.27. The van der Waals surface area contributed by atoms with E-state index in [1.54, 1.807) is 0 Å². The molecule has 0 saturated carbocycles. The molecule has 0 saturated heterocycles. The molecule has 106 valence electrons. The Kier molecular flexibility index (Phi) is 5.32. The van der Waals surface area contributed by atoms with Crippen molar-refractivity contribution in [2.24, 2.45) is 5.41 Å². The van der Waals surface area contributed by atoms with Crippen molar-refractivity contribution in [2.45, 2.75) is 46.8 Å². The maximum absolute atomic E-state index is 9.97. The van der Waals surface area contributed by atoms with E-state index < -0.39 is 6.23 Å². The van der Waals surface area contributed by atoms with Gasteiger partial charge in [-0.05, 0) is 29.8 Å². The first kappa shape index (κ1) is 15.9. The second-order valence-corrected chi connectivity index (χ2v) is 6.52. The van der Waals surface area contributed by atoms with Gasteiger partial charge in [-0.3, -0.25) is 0 Å². The number of aliphatic hydroxyl groups excluding tert-OH is 1. The molecule has 1 atom stereocenters. The Morgan fingerprint density at radius 1 is 1.21 bits per heavy atom. The van der Waals surface area contributed by atoms with Crippen LogP contribution in [-0.4, -0.2) is 16.4 Å². The summed E-state index contributed by atoms with van der Waals surface area (Å²) in [6.07, 6.45) is -0.682. The Morgan fingerprint density at radius 2 is 1.79 bits per heavy atom. The number of hydrogen-bond donors (Lipinski definition) is 3. The van der Waals surface area contributed by atoms with Gasteiger partial charge in [-0.25, -0.2) is 0 Å². The lowest BCUT2D eigenvalue weighted by Gasteiger charge is -2.28. The minimum absolute atomic E-state index is 0.261. The van der Waals surface area contributed by atoms with Crippen LogP contribution in [0.4, 0.5) is 5.69 Å². The van der Waals surface area contributed by atoms with Gasteiger partial charge in [0.25, 0.3) is 0 Å². The van der Waals surface area contributed by atoms with Gasteiger partial charge in [-0.15, -0.1) is 0 Å². The molecule has 3 nitrogen and oxygen atoms in total. The third-order valence-corrected chi connectivity index (χ3v) is 3.14. The largest absolute Gasteiger partial charge is 0.373 e. The fourth-order valence-electron chi connectivity index (χ4n) is 1.61. The number of hydrogen-bond acceptors (Lipinski definition) is 2. The van der Waals surface area contributed by atoms with Crippen LogP contribution >= 0.6 is 12.2 Å². The van der Waals surface area contributed by atoms with Crippen molar-refractivity contribution in [3.8, 4) is 0 Å². The van der Waals surface area contributed by atoms with Crippen LogP contribution in [0, 0.1) is 5.41 Å². The van der Waals surface area contributed by atoms with Gasteiger partial charge in [0.05, 0.1) is 0 Å². The summed E-state index contributed by atoms with van der Waals surface area (Å²) in [6.45, 7) is 10.1. The molecule has 1 rings (SSSR count). The van der Waals surface area contributed by atoms with E-state index in [0.29, 0.717) is 11.0 Å². The number of thiocarbonyl (C=S) groups is 1. The molecule has 0 bridgehead atoms. The van der Waals surface area contributed by atoms with Crippen molar-refractivity contribution < 1.29 is 5.11 Å². The predicted molar refractivity (Wildman–Crippen MR) is 85.3 cm³/mol. The maximum Gasteiger partial charge on any atom is 0.172 e. The quantitative estimate of drug-likeness (QED) is 0.586. The van der Waals surface area contributed by atoms with E-state index in [4.69, 9.17) is 12.2 Å². The highest BCUT2D eigenvalue weighted by atomic mass is 32.1. The number of anilines is 1. The third kappa shape index (κ3) is 4.80. The molecule has 4 heteroatoms. The van der Waals surface area contributed by atoms with E-state index in [1.807, 2.05) is 39.0 Å². The normalized spacial score (nSPS) is 13.2. The maximum atomic E-state index is 9.97. The smallest absolute Gasteiger partial charge is 0.172 e. The van der Waals surface area contributed by atoms with Crippen molar-refractivity contribution in [2.75, 3.05) is 5.32 Å². The number of para-hydroxylation sites is 1. The van der Waals surface area contributed by atoms with Crippen LogP contribution in [0.25, 0.3) is 0 Å². The van der Waals surface area contributed by atoms with Crippen molar-refractivity contribution in [3.05, 3.63) is 29.8 Å². The number of rotatable bonds is 3. The minimum Gasteiger partial charge on any atom is -0.373 e. The highest BCUT2D eigenvalue weighted by Gasteiger charge is 2.22. The fraction of sp³-hybridized carbons (Fsp3) is 0.533. The van der Waals surface area contributed by atoms with Crippen molar-refractivity contribution in [3.63, 3.8) is 0 Å². The van der Waals surface area contributed by atoms with Gasteiger partial charge in [0.1, 0.15) is 6.23 Å². The molecular weight excluding hydrogens is 256 g/mol. The predicted octanol–water partition coefficient (Wildman–Crippen LogP) is 3.46. The summed E-state index contributed by atoms with van der Waals surface area (Å²) in [5, 5.41) is 16.5. The average molecular weight is 280 g/mol. The second-order valence-electron chi connectivity index (χ2n) is 6.11. The zero-order valence-electron chi connectivity index (χ0n) is 12.3. The lowest BCUT2D eigenvalue weighted by molar-refractivity contribution is 0.0510. The highest BCUT2D eigenvalue weighted by Crippen LogP contribution is 2.24. The molecule has 0 aliphatic carbocycles. The van der Waals surface area contributed by atoms with Gasteiger partial charge in [0, 0.05) is 11.1 Å². The summed E-state index contributed by atoms with van der Waals surface area (Å²) in [5.74, 6) is 0.416. The van der Waals surface area contributed by atoms with Gasteiger partial charge >= 0.3 is 0 Å². The first-order valence-electron chi connectivity index (χ1n) is 6.56. The first-order valence-corrected chi connectivity index (χ1v) is 6.97. The van der Waals surface area contributed by atoms with Crippen LogP contribution in [0.15, 0.2) is 24.3 Å². The van der Waals surface area contributed by atoms with E-state index >= 15 is 0 Å². The van der Waals surface area contributed by atoms with E-state index in [9.17, 15) is 5.11 Å². The van der Waals surface area contributed by atoms with E-state index in [1.165, 1.54) is 5.56 Å². The highest BCUT2D eigenvalue weighted by molar-refractivity contribution is 7.80. The Morgan fingerprint density at radius 3 is 2.32 bits per heavy atom. The lowest BCUT2D eigenvalue weighted by Crippen LogP contribution is -2.45. The summed E-state index contributed by atoms with van der Waals surface area (Å²) in [4.78, 5) is 0. The summed E-state index contributed by atoms with van der Waals surface area (Å²) in [6, 6.07) is 8.06. The molecule has 0 heterocycles. The Balaban J connectivity index is 2.73. The van der Waals surface area contributed by atoms with Crippen molar-refractivity contribution >= 4 is 23.0 Å². The Labute approximate surface area is 121 Å². The molecule has 1 aromatic carbocycles. The summed E-state index contributed by atoms with van der Waals surface area (Å²) in [5.41, 5.74) is 1.93. The number of nitrogens with one attached hydrogen (secondary N) is 2. The third-order valence-electron chi connectivity index (χ3n) is 2.92. The first-order chi connectivity index (χ1) is 8.71. The van der Waals surface area contributed by atoms with Crippen molar-refractivity contribution in [1.29, 1.82) is 0 Å². The zero-order valence-corrected chi connectivity index (χ0v) is 13.1. The Bertz CT molecular complexity index is 438. The molecular formula is C15H24N2OS. The lowest BCUT2D eigenvalue weighted by atomic mass is 9.94. The van der Waals surface area contributed by atoms with Gasteiger partial charge in [-0.2, -0.15) is 0 Å². The van der Waals surface area contributed by atoms with Crippen LogP contribution in [0.5, 0.6) is 0 Å². The van der Waals surface area contributed by atoms with E-state index in [-0.39, 0.29) is 5.41 Å². The fourth-order valence-corrected chi connectivity index (χ4v) is 1.83. The topological polar surface area (TPSA) is 44.3 Å². The van der Waals surface area contributed by atoms with E-state index in [2.05, 4.69) is 30.5 Å². The molecule has 1 unspecified atom stereocenters. The standard InChI is InChI=1S/C15H24N2OS/c1-10(2)11-8-6-7-9-12(11)16-14(19)17-13(18)15(3,4)5/h6-10,13,18H,1-5H3,(H2,16,17,19). The second kappa shape index (κ2) is 6.35. The molecule has 0 aromatic heterocycles. The molecule has 0 spiro atoms. The van der Waals surface area contributed by atoms with Gasteiger partial charge < -0.3 is 15.7 Å². The summed E-state index contributed by atoms with van der Waals surface area (Å²) in [7, 11) is 0. The summed E-state index contributed by atoms with van der Waals surface area (Å²) >= 11 is 5.25. The monoisotopic (exact) mass is 280 g/mol. The van der Waals surface area contributed by atoms with Crippen LogP contribution in [-0.2, 0) is 0 Å². The SMILES string of the molecule is CC(C)c1ccccc1NC(=S)NC(O)C(C)(C)C. The van der Waals surface area contributed by atoms with Crippen molar-refractivity contribution in [1.82, 2.24) is 5.32 Å². The van der Waals surface area contributed by atoms with Crippen LogP contribution in [0.2, 0.25) is 0 Å². The van der Waals surface area contributed by atoms with Gasteiger partial charge in [0.2, 0.25) is 0 Å². The number of aliphatic hydroxyl groups is 1. The van der Waals surface area contributed by atoms with Gasteiger partial charge in [-0.1, -0.05) is 52.8 Å².